The maximum absolute atomic E-state index is 9.99. The first-order chi connectivity index (χ1) is 14.3. The zero-order valence-corrected chi connectivity index (χ0v) is 26.7. The van der Waals surface area contributed by atoms with Crippen LogP contribution in [0, 0.1) is 12.0 Å². The summed E-state index contributed by atoms with van der Waals surface area (Å²) in [6.07, 6.45) is 6.88. The summed E-state index contributed by atoms with van der Waals surface area (Å²) in [4.78, 5) is 9.99. The third kappa shape index (κ3) is 16.3. The summed E-state index contributed by atoms with van der Waals surface area (Å²) >= 11 is 0. The molecule has 0 bridgehead atoms. The minimum atomic E-state index is -0.432. The second-order valence-corrected chi connectivity index (χ2v) is 9.27. The minimum Gasteiger partial charge on any atom is -1.00 e. The molecule has 0 fully saturated rings. The molecule has 1 amide bonds. The number of carbonyl (C=O) groups excluding carboxylic acids is 1. The Bertz CT molecular complexity index is 789. The Labute approximate surface area is 235 Å². The first kappa shape index (κ1) is 36.6. The molecule has 1 unspecified atom stereocenters. The number of carbonyl (C=O) groups is 1. The smallest absolute Gasteiger partial charge is 1.00 e. The van der Waals surface area contributed by atoms with E-state index >= 15 is 0 Å². The van der Waals surface area contributed by atoms with Crippen molar-refractivity contribution in [3.63, 3.8) is 0 Å². The van der Waals surface area contributed by atoms with Gasteiger partial charge >= 0.3 is 25.8 Å². The molecule has 1 aliphatic rings. The summed E-state index contributed by atoms with van der Waals surface area (Å²) in [5.41, 5.74) is 10.8. The number of benzene rings is 2. The van der Waals surface area contributed by atoms with Crippen molar-refractivity contribution in [3.05, 3.63) is 89.2 Å². The molecule has 2 aromatic carbocycles. The number of hydrogen-bond donors (Lipinski definition) is 0. The van der Waals surface area contributed by atoms with Crippen molar-refractivity contribution in [2.45, 2.75) is 60.3 Å². The molecule has 0 heterocycles. The summed E-state index contributed by atoms with van der Waals surface area (Å²) in [6, 6.07) is 21.3. The molecule has 1 aliphatic carbocycles. The van der Waals surface area contributed by atoms with Crippen LogP contribution in [0.15, 0.2) is 77.4 Å². The van der Waals surface area contributed by atoms with Crippen LogP contribution < -0.4 is 35.2 Å². The first-order valence-electron chi connectivity index (χ1n) is 10.8. The molecular formula is C27H36Cl2HfNOSi. The number of rotatable bonds is 6. The average Bonchev–Trinajstić information content (AvgIpc) is 2.96. The zero-order valence-electron chi connectivity index (χ0n) is 20.4. The second kappa shape index (κ2) is 21.6. The van der Waals surface area contributed by atoms with Gasteiger partial charge in [-0.15, -0.1) is 6.92 Å². The molecule has 6 heteroatoms. The van der Waals surface area contributed by atoms with Crippen LogP contribution in [0.1, 0.15) is 60.3 Å². The third-order valence-electron chi connectivity index (χ3n) is 5.18. The van der Waals surface area contributed by atoms with Crippen LogP contribution in [0.3, 0.4) is 0 Å². The van der Waals surface area contributed by atoms with Crippen LogP contribution in [-0.4, -0.2) is 15.4 Å². The van der Waals surface area contributed by atoms with E-state index in [0.717, 1.165) is 19.3 Å². The minimum absolute atomic E-state index is 0. The topological polar surface area (TPSA) is 40.9 Å². The Morgan fingerprint density at radius 3 is 1.64 bits per heavy atom. The third-order valence-corrected chi connectivity index (χ3v) is 6.61. The summed E-state index contributed by atoms with van der Waals surface area (Å²) in [7, 11) is 0.271. The molecule has 1 atom stereocenters. The fourth-order valence-corrected chi connectivity index (χ4v) is 4.20. The van der Waals surface area contributed by atoms with Crippen LogP contribution in [-0.2, 0) is 30.6 Å². The number of halogens is 2. The molecular weight excluding hydrogens is 632 g/mol. The van der Waals surface area contributed by atoms with E-state index < -0.39 is 5.91 Å². The van der Waals surface area contributed by atoms with Gasteiger partial charge in [0.25, 0.3) is 0 Å². The summed E-state index contributed by atoms with van der Waals surface area (Å²) < 4.78 is 0. The van der Waals surface area contributed by atoms with Gasteiger partial charge in [-0.05, 0) is 12.8 Å². The van der Waals surface area contributed by atoms with Crippen molar-refractivity contribution in [3.8, 4) is 0 Å². The second-order valence-electron chi connectivity index (χ2n) is 7.65. The Hall–Kier alpha value is -0.943. The van der Waals surface area contributed by atoms with E-state index in [9.17, 15) is 4.79 Å². The average molecular weight is 668 g/mol. The van der Waals surface area contributed by atoms with E-state index in [4.69, 9.17) is 5.73 Å². The normalized spacial score (nSPS) is 13.5. The molecule has 0 aromatic heterocycles. The van der Waals surface area contributed by atoms with E-state index in [0.29, 0.717) is 12.3 Å². The maximum Gasteiger partial charge on any atom is 4.00 e. The van der Waals surface area contributed by atoms with Crippen LogP contribution in [0.2, 0.25) is 0 Å². The van der Waals surface area contributed by atoms with Crippen LogP contribution >= 0.6 is 0 Å². The van der Waals surface area contributed by atoms with Crippen molar-refractivity contribution in [2.24, 2.45) is 5.92 Å². The predicted molar refractivity (Wildman–Crippen MR) is 133 cm³/mol. The molecule has 0 aliphatic heterocycles. The molecule has 33 heavy (non-hydrogen) atoms. The van der Waals surface area contributed by atoms with Crippen molar-refractivity contribution < 1.29 is 55.5 Å². The standard InChI is InChI=1S/C12H11Si.C9H13.C6H13NO.2ClH.Hf/c1-3-7-11(8-4-1)13-12-9-5-2-6-10-12;1-6-5-7(2)9(4)8(6)3;1-2-3-4-5-6(7)8;;;/h1-10,13H;6H,1-4H3;2-5H2,1H3,(H2,7,8);2*1H;/q;-1;;;;+4/p-3. The fraction of sp³-hybridized carbons (Fsp3) is 0.370. The van der Waals surface area contributed by atoms with Gasteiger partial charge in [-0.3, -0.25) is 6.08 Å². The van der Waals surface area contributed by atoms with Crippen molar-refractivity contribution >= 4 is 25.8 Å². The molecule has 1 radical (unpaired) electrons. The molecule has 177 valence electrons. The molecule has 2 nitrogen and oxygen atoms in total. The number of hydrogen-bond acceptors (Lipinski definition) is 1. The van der Waals surface area contributed by atoms with Gasteiger partial charge < -0.3 is 35.3 Å². The number of unbranched alkanes of at least 4 members (excludes halogenated alkanes) is 2. The van der Waals surface area contributed by atoms with E-state index in [2.05, 4.69) is 101 Å². The van der Waals surface area contributed by atoms with Crippen molar-refractivity contribution in [2.75, 3.05) is 0 Å². The van der Waals surface area contributed by atoms with Gasteiger partial charge in [0.05, 0.1) is 0 Å². The van der Waals surface area contributed by atoms with E-state index in [1.165, 1.54) is 27.1 Å². The molecule has 1 N–H and O–H groups in total. The number of allylic oxidation sites excluding steroid dienone is 4. The molecule has 3 rings (SSSR count). The van der Waals surface area contributed by atoms with Crippen LogP contribution in [0.5, 0.6) is 0 Å². The van der Waals surface area contributed by atoms with Crippen molar-refractivity contribution in [1.82, 2.24) is 0 Å². The Morgan fingerprint density at radius 2 is 1.36 bits per heavy atom. The summed E-state index contributed by atoms with van der Waals surface area (Å²) in [5.74, 6) is 0.128. The fourth-order valence-electron chi connectivity index (χ4n) is 2.99. The van der Waals surface area contributed by atoms with Gasteiger partial charge in [-0.2, -0.15) is 11.1 Å². The quantitative estimate of drug-likeness (QED) is 0.242. The van der Waals surface area contributed by atoms with Crippen LogP contribution in [0.4, 0.5) is 0 Å². The van der Waals surface area contributed by atoms with Gasteiger partial charge in [0.2, 0.25) is 0 Å². The van der Waals surface area contributed by atoms with E-state index in [1.807, 2.05) is 0 Å². The SMILES string of the molecule is CC1=[C-]C(C)C(C)=C1C.CCCCCC([NH-])=O.[Cl-].[Cl-].[Hf+4].c1ccc([SiH]c2ccccc2)cc1. The maximum atomic E-state index is 9.99. The summed E-state index contributed by atoms with van der Waals surface area (Å²) in [5, 5.41) is 2.90. The Morgan fingerprint density at radius 1 is 0.909 bits per heavy atom. The van der Waals surface area contributed by atoms with E-state index in [-0.39, 0.29) is 60.2 Å². The Kier molecular flexibility index (Phi) is 23.9. The summed E-state index contributed by atoms with van der Waals surface area (Å²) in [6.45, 7) is 10.7. The van der Waals surface area contributed by atoms with Gasteiger partial charge in [0.1, 0.15) is 9.52 Å². The monoisotopic (exact) mass is 668 g/mol. The number of amides is 1. The van der Waals surface area contributed by atoms with Gasteiger partial charge in [0.15, 0.2) is 0 Å². The molecule has 0 saturated heterocycles. The van der Waals surface area contributed by atoms with Gasteiger partial charge in [0, 0.05) is 5.91 Å². The molecule has 2 aromatic rings. The van der Waals surface area contributed by atoms with Crippen LogP contribution in [0.25, 0.3) is 5.73 Å². The van der Waals surface area contributed by atoms with E-state index in [1.54, 1.807) is 0 Å². The number of nitrogens with one attached hydrogen (secondary N) is 1. The predicted octanol–water partition coefficient (Wildman–Crippen LogP) is -0.0531. The first-order valence-corrected chi connectivity index (χ1v) is 12.0. The molecule has 0 spiro atoms. The largest absolute Gasteiger partial charge is 4.00 e. The Balaban J connectivity index is -0.000000406. The van der Waals surface area contributed by atoms with Gasteiger partial charge in [-0.1, -0.05) is 117 Å². The molecule has 0 saturated carbocycles. The van der Waals surface area contributed by atoms with Crippen molar-refractivity contribution in [1.29, 1.82) is 0 Å². The van der Waals surface area contributed by atoms with Gasteiger partial charge in [-0.25, -0.2) is 5.57 Å². The zero-order chi connectivity index (χ0) is 22.4.